The minimum Gasteiger partial charge on any atom is -0.372 e. The van der Waals surface area contributed by atoms with E-state index < -0.39 is 0 Å². The molecule has 0 bridgehead atoms. The van der Waals surface area contributed by atoms with Crippen molar-refractivity contribution < 1.29 is 4.79 Å². The summed E-state index contributed by atoms with van der Waals surface area (Å²) in [4.78, 5) is 17.6. The second-order valence-electron chi connectivity index (χ2n) is 7.21. The van der Waals surface area contributed by atoms with Gasteiger partial charge in [0, 0.05) is 36.4 Å². The van der Waals surface area contributed by atoms with Crippen molar-refractivity contribution in [1.29, 1.82) is 0 Å². The molecule has 1 amide bonds. The van der Waals surface area contributed by atoms with Gasteiger partial charge in [0.25, 0.3) is 5.91 Å². The topological polar surface area (TPSA) is 35.6 Å². The zero-order chi connectivity index (χ0) is 15.6. The average molecular weight is 313 g/mol. The largest absolute Gasteiger partial charge is 0.372 e. The number of amides is 1. The monoisotopic (exact) mass is 313 g/mol. The van der Waals surface area contributed by atoms with Crippen LogP contribution in [-0.4, -0.2) is 49.1 Å². The Balaban J connectivity index is 1.40. The second-order valence-corrected chi connectivity index (χ2v) is 7.21. The van der Waals surface area contributed by atoms with E-state index in [4.69, 9.17) is 0 Å². The molecule has 2 atom stereocenters. The summed E-state index contributed by atoms with van der Waals surface area (Å²) in [5.74, 6) is 0.0942. The van der Waals surface area contributed by atoms with E-state index in [2.05, 4.69) is 27.2 Å². The molecule has 4 heteroatoms. The molecule has 1 aromatic rings. The number of nitrogens with one attached hydrogen (secondary N) is 1. The highest BCUT2D eigenvalue weighted by molar-refractivity contribution is 5.94. The molecule has 0 saturated carbocycles. The van der Waals surface area contributed by atoms with Crippen molar-refractivity contribution in [2.24, 2.45) is 0 Å². The van der Waals surface area contributed by atoms with Crippen LogP contribution in [0, 0.1) is 0 Å². The molecule has 4 nitrogen and oxygen atoms in total. The molecule has 3 saturated heterocycles. The number of nitrogens with zero attached hydrogens (tertiary/aromatic N) is 2. The summed E-state index contributed by atoms with van der Waals surface area (Å²) in [6, 6.07) is 9.07. The fourth-order valence-electron chi connectivity index (χ4n) is 4.51. The van der Waals surface area contributed by atoms with Gasteiger partial charge in [0.15, 0.2) is 0 Å². The van der Waals surface area contributed by atoms with Crippen molar-refractivity contribution in [2.45, 2.75) is 50.6 Å². The Morgan fingerprint density at radius 1 is 0.913 bits per heavy atom. The molecule has 124 valence electrons. The summed E-state index contributed by atoms with van der Waals surface area (Å²) in [6.07, 6.45) is 7.40. The summed E-state index contributed by atoms with van der Waals surface area (Å²) in [5.41, 5.74) is 2.04. The van der Waals surface area contributed by atoms with Gasteiger partial charge in [-0.3, -0.25) is 9.69 Å². The van der Waals surface area contributed by atoms with Crippen LogP contribution < -0.4 is 10.2 Å². The summed E-state index contributed by atoms with van der Waals surface area (Å²) in [6.45, 7) is 4.71. The third-order valence-corrected chi connectivity index (χ3v) is 5.76. The smallest absolute Gasteiger partial charge is 0.251 e. The molecule has 1 aromatic carbocycles. The van der Waals surface area contributed by atoms with Gasteiger partial charge in [-0.25, -0.2) is 0 Å². The molecule has 3 fully saturated rings. The minimum atomic E-state index is 0.0942. The lowest BCUT2D eigenvalue weighted by atomic mass is 9.96. The first-order chi connectivity index (χ1) is 11.3. The van der Waals surface area contributed by atoms with Gasteiger partial charge >= 0.3 is 0 Å². The van der Waals surface area contributed by atoms with Crippen LogP contribution in [0.4, 0.5) is 5.69 Å². The zero-order valence-electron chi connectivity index (χ0n) is 13.8. The molecular weight excluding hydrogens is 286 g/mol. The van der Waals surface area contributed by atoms with Crippen LogP contribution in [-0.2, 0) is 0 Å². The fraction of sp³-hybridized carbons (Fsp3) is 0.632. The number of hydrogen-bond donors (Lipinski definition) is 1. The number of carbonyl (C=O) groups is 1. The number of benzene rings is 1. The second kappa shape index (κ2) is 6.52. The van der Waals surface area contributed by atoms with E-state index in [1.807, 2.05) is 12.1 Å². The predicted molar refractivity (Wildman–Crippen MR) is 93.0 cm³/mol. The van der Waals surface area contributed by atoms with Crippen molar-refractivity contribution in [3.8, 4) is 0 Å². The maximum absolute atomic E-state index is 12.6. The number of rotatable bonds is 3. The van der Waals surface area contributed by atoms with Gasteiger partial charge in [-0.05, 0) is 75.9 Å². The molecule has 23 heavy (non-hydrogen) atoms. The highest BCUT2D eigenvalue weighted by Gasteiger charge is 2.35. The first-order valence-electron chi connectivity index (χ1n) is 9.21. The van der Waals surface area contributed by atoms with Crippen LogP contribution in [0.25, 0.3) is 0 Å². The van der Waals surface area contributed by atoms with Crippen LogP contribution in [0.1, 0.15) is 48.9 Å². The molecule has 0 radical (unpaired) electrons. The lowest BCUT2D eigenvalue weighted by Gasteiger charge is -2.37. The number of carbonyl (C=O) groups excluding carboxylic acids is 1. The number of anilines is 1. The van der Waals surface area contributed by atoms with Gasteiger partial charge in [-0.1, -0.05) is 0 Å². The molecule has 3 aliphatic rings. The summed E-state index contributed by atoms with van der Waals surface area (Å²) in [7, 11) is 0. The zero-order valence-corrected chi connectivity index (χ0v) is 13.8. The Labute approximate surface area is 138 Å². The Morgan fingerprint density at radius 3 is 2.35 bits per heavy atom. The normalized spacial score (nSPS) is 27.9. The van der Waals surface area contributed by atoms with Crippen LogP contribution in [0.5, 0.6) is 0 Å². The number of hydrogen-bond acceptors (Lipinski definition) is 3. The van der Waals surface area contributed by atoms with E-state index >= 15 is 0 Å². The van der Waals surface area contributed by atoms with E-state index in [1.54, 1.807) is 0 Å². The van der Waals surface area contributed by atoms with E-state index in [1.165, 1.54) is 50.9 Å². The Hall–Kier alpha value is -1.55. The molecule has 1 N–H and O–H groups in total. The Bertz CT molecular complexity index is 550. The molecule has 4 rings (SSSR count). The highest BCUT2D eigenvalue weighted by Crippen LogP contribution is 2.27. The van der Waals surface area contributed by atoms with Gasteiger partial charge in [0.1, 0.15) is 0 Å². The van der Waals surface area contributed by atoms with E-state index in [0.29, 0.717) is 12.1 Å². The van der Waals surface area contributed by atoms with Crippen molar-refractivity contribution in [2.75, 3.05) is 31.1 Å². The van der Waals surface area contributed by atoms with Gasteiger partial charge in [-0.2, -0.15) is 0 Å². The quantitative estimate of drug-likeness (QED) is 0.932. The average Bonchev–Trinajstić information content (AvgIpc) is 3.27. The maximum Gasteiger partial charge on any atom is 0.251 e. The Kier molecular flexibility index (Phi) is 4.25. The van der Waals surface area contributed by atoms with Gasteiger partial charge < -0.3 is 10.2 Å². The highest BCUT2D eigenvalue weighted by atomic mass is 16.1. The predicted octanol–water partition coefficient (Wildman–Crippen LogP) is 2.64. The van der Waals surface area contributed by atoms with Crippen LogP contribution in [0.3, 0.4) is 0 Å². The standard InChI is InChI=1S/C19H27N3O/c23-19(20-17-5-3-13-22-14-4-6-18(17)22)15-7-9-16(10-8-15)21-11-1-2-12-21/h7-10,17-18H,1-6,11-14H2,(H,20,23)/t17-,18+/m1/s1. The summed E-state index contributed by atoms with van der Waals surface area (Å²) >= 11 is 0. The van der Waals surface area contributed by atoms with Crippen molar-refractivity contribution in [3.63, 3.8) is 0 Å². The minimum absolute atomic E-state index is 0.0942. The number of fused-ring (bicyclic) bond motifs is 1. The Morgan fingerprint density at radius 2 is 1.61 bits per heavy atom. The molecule has 0 aromatic heterocycles. The molecule has 3 aliphatic heterocycles. The third-order valence-electron chi connectivity index (χ3n) is 5.76. The lowest BCUT2D eigenvalue weighted by Crippen LogP contribution is -2.52. The number of piperidine rings is 1. The van der Waals surface area contributed by atoms with Crippen molar-refractivity contribution in [3.05, 3.63) is 29.8 Å². The summed E-state index contributed by atoms with van der Waals surface area (Å²) in [5, 5.41) is 3.30. The van der Waals surface area contributed by atoms with Crippen molar-refractivity contribution in [1.82, 2.24) is 10.2 Å². The first kappa shape index (κ1) is 15.0. The SMILES string of the molecule is O=C(N[C@@H]1CCCN2CCC[C@@H]12)c1ccc(N2CCCC2)cc1. The van der Waals surface area contributed by atoms with E-state index in [0.717, 1.165) is 25.1 Å². The third kappa shape index (κ3) is 3.09. The van der Waals surface area contributed by atoms with Crippen LogP contribution in [0.2, 0.25) is 0 Å². The maximum atomic E-state index is 12.6. The van der Waals surface area contributed by atoms with Gasteiger partial charge in [-0.15, -0.1) is 0 Å². The van der Waals surface area contributed by atoms with Crippen molar-refractivity contribution >= 4 is 11.6 Å². The van der Waals surface area contributed by atoms with Gasteiger partial charge in [0.05, 0.1) is 0 Å². The molecule has 0 spiro atoms. The lowest BCUT2D eigenvalue weighted by molar-refractivity contribution is 0.0868. The molecule has 3 heterocycles. The van der Waals surface area contributed by atoms with Crippen LogP contribution >= 0.6 is 0 Å². The molecular formula is C19H27N3O. The molecule has 0 aliphatic carbocycles. The van der Waals surface area contributed by atoms with E-state index in [-0.39, 0.29) is 5.91 Å². The fourth-order valence-corrected chi connectivity index (χ4v) is 4.51. The summed E-state index contributed by atoms with van der Waals surface area (Å²) < 4.78 is 0. The molecule has 0 unspecified atom stereocenters. The van der Waals surface area contributed by atoms with Crippen LogP contribution in [0.15, 0.2) is 24.3 Å². The van der Waals surface area contributed by atoms with Gasteiger partial charge in [0.2, 0.25) is 0 Å². The van der Waals surface area contributed by atoms with E-state index in [9.17, 15) is 4.79 Å². The first-order valence-corrected chi connectivity index (χ1v) is 9.21.